The van der Waals surface area contributed by atoms with Crippen LogP contribution < -0.4 is 9.64 Å². The molecule has 2 aromatic rings. The second kappa shape index (κ2) is 12.4. The monoisotopic (exact) mass is 473 g/mol. The molecule has 1 heterocycles. The lowest BCUT2D eigenvalue weighted by molar-refractivity contribution is 0.252. The Kier molecular flexibility index (Phi) is 9.59. The van der Waals surface area contributed by atoms with Crippen molar-refractivity contribution in [2.24, 2.45) is 0 Å². The molecule has 1 aliphatic heterocycles. The molecule has 33 heavy (non-hydrogen) atoms. The summed E-state index contributed by atoms with van der Waals surface area (Å²) in [6, 6.07) is 16.2. The van der Waals surface area contributed by atoms with Gasteiger partial charge in [0, 0.05) is 45.0 Å². The van der Waals surface area contributed by atoms with Crippen LogP contribution in [-0.4, -0.2) is 70.5 Å². The van der Waals surface area contributed by atoms with Gasteiger partial charge in [0.05, 0.1) is 7.11 Å². The van der Waals surface area contributed by atoms with E-state index in [2.05, 4.69) is 40.1 Å². The fourth-order valence-electron chi connectivity index (χ4n) is 4.49. The molecule has 0 saturated carbocycles. The zero-order valence-electron chi connectivity index (χ0n) is 20.4. The highest BCUT2D eigenvalue weighted by atomic mass is 32.2. The third-order valence-electron chi connectivity index (χ3n) is 6.48. The van der Waals surface area contributed by atoms with Crippen molar-refractivity contribution in [2.75, 3.05) is 57.8 Å². The molecule has 6 nitrogen and oxygen atoms in total. The van der Waals surface area contributed by atoms with E-state index in [4.69, 9.17) is 4.74 Å². The molecule has 0 N–H and O–H groups in total. The zero-order chi connectivity index (χ0) is 23.7. The lowest BCUT2D eigenvalue weighted by Crippen LogP contribution is -2.46. The van der Waals surface area contributed by atoms with Crippen LogP contribution >= 0.6 is 0 Å². The summed E-state index contributed by atoms with van der Waals surface area (Å²) in [5, 5.41) is 0. The number of sulfonamides is 1. The summed E-state index contributed by atoms with van der Waals surface area (Å²) in [5.74, 6) is 0.417. The van der Waals surface area contributed by atoms with Gasteiger partial charge < -0.3 is 9.64 Å². The molecular weight excluding hydrogens is 434 g/mol. The maximum Gasteiger partial charge on any atom is 0.246 e. The highest BCUT2D eigenvalue weighted by Gasteiger charge is 2.25. The first-order chi connectivity index (χ1) is 16.0. The predicted octanol–water partition coefficient (Wildman–Crippen LogP) is 4.26. The third kappa shape index (κ3) is 6.71. The fourth-order valence-corrected chi connectivity index (χ4v) is 6.15. The van der Waals surface area contributed by atoms with Gasteiger partial charge in [-0.25, -0.2) is 8.42 Å². The molecule has 0 aliphatic carbocycles. The molecule has 2 aromatic carbocycles. The molecular formula is C26H39N3O3S. The molecule has 1 saturated heterocycles. The van der Waals surface area contributed by atoms with E-state index in [1.165, 1.54) is 23.5 Å². The van der Waals surface area contributed by atoms with Gasteiger partial charge in [0.15, 0.2) is 0 Å². The van der Waals surface area contributed by atoms with Gasteiger partial charge in [-0.1, -0.05) is 44.5 Å². The molecule has 0 spiro atoms. The van der Waals surface area contributed by atoms with Crippen LogP contribution in [0.2, 0.25) is 0 Å². The lowest BCUT2D eigenvalue weighted by atomic mass is 10.1. The van der Waals surface area contributed by atoms with Crippen molar-refractivity contribution in [3.8, 4) is 5.75 Å². The first-order valence-electron chi connectivity index (χ1n) is 12.2. The second-order valence-electron chi connectivity index (χ2n) is 8.55. The number of rotatable bonds is 12. The normalized spacial score (nSPS) is 15.2. The summed E-state index contributed by atoms with van der Waals surface area (Å²) in [6.45, 7) is 10.1. The Morgan fingerprint density at radius 1 is 0.909 bits per heavy atom. The highest BCUT2D eigenvalue weighted by Crippen LogP contribution is 2.28. The minimum atomic E-state index is -3.54. The Morgan fingerprint density at radius 3 is 2.24 bits per heavy atom. The Labute approximate surface area is 200 Å². The topological polar surface area (TPSA) is 53.1 Å². The van der Waals surface area contributed by atoms with Gasteiger partial charge in [0.1, 0.15) is 10.6 Å². The molecule has 0 atom stereocenters. The quantitative estimate of drug-likeness (QED) is 0.431. The fraction of sp³-hybridized carbons (Fsp3) is 0.538. The van der Waals surface area contributed by atoms with Crippen LogP contribution in [0.15, 0.2) is 53.4 Å². The Bertz CT molecular complexity index is 954. The molecule has 182 valence electrons. The first kappa shape index (κ1) is 25.5. The molecule has 0 radical (unpaired) electrons. The van der Waals surface area contributed by atoms with Crippen molar-refractivity contribution in [2.45, 2.75) is 44.4 Å². The summed E-state index contributed by atoms with van der Waals surface area (Å²) in [7, 11) is -2.02. The summed E-state index contributed by atoms with van der Waals surface area (Å²) in [5.41, 5.74) is 2.37. The van der Waals surface area contributed by atoms with Crippen molar-refractivity contribution >= 4 is 15.7 Å². The standard InChI is InChI=1S/C26H39N3O3S/c1-4-29(5-2)33(30,31)26-22-23(15-16-25(26)32-3)12-8-7-11-17-27-18-20-28(21-19-27)24-13-9-6-10-14-24/h6,9-10,13-16,22H,4-5,7-8,11-12,17-21H2,1-3H3. The van der Waals surface area contributed by atoms with Gasteiger partial charge in [-0.2, -0.15) is 4.31 Å². The molecule has 0 aromatic heterocycles. The van der Waals surface area contributed by atoms with Gasteiger partial charge in [-0.15, -0.1) is 0 Å². The van der Waals surface area contributed by atoms with Gasteiger partial charge >= 0.3 is 0 Å². The summed E-state index contributed by atoms with van der Waals surface area (Å²) >= 11 is 0. The number of anilines is 1. The number of para-hydroxylation sites is 1. The number of methoxy groups -OCH3 is 1. The Morgan fingerprint density at radius 2 is 1.61 bits per heavy atom. The number of benzene rings is 2. The van der Waals surface area contributed by atoms with E-state index >= 15 is 0 Å². The number of unbranched alkanes of at least 4 members (excludes halogenated alkanes) is 2. The number of aryl methyl sites for hydroxylation is 1. The molecule has 3 rings (SSSR count). The third-order valence-corrected chi connectivity index (χ3v) is 8.56. The van der Waals surface area contributed by atoms with E-state index in [9.17, 15) is 8.42 Å². The van der Waals surface area contributed by atoms with Gasteiger partial charge in [0.25, 0.3) is 0 Å². The van der Waals surface area contributed by atoms with Crippen LogP contribution in [0.5, 0.6) is 5.75 Å². The Hall–Kier alpha value is -2.09. The van der Waals surface area contributed by atoms with Crippen LogP contribution in [0.1, 0.15) is 38.7 Å². The molecule has 1 aliphatic rings. The van der Waals surface area contributed by atoms with Crippen LogP contribution in [0, 0.1) is 0 Å². The van der Waals surface area contributed by atoms with Gasteiger partial charge in [-0.05, 0) is 55.6 Å². The van der Waals surface area contributed by atoms with E-state index in [1.54, 1.807) is 12.1 Å². The number of hydrogen-bond acceptors (Lipinski definition) is 5. The van der Waals surface area contributed by atoms with E-state index in [0.29, 0.717) is 18.8 Å². The second-order valence-corrected chi connectivity index (χ2v) is 10.5. The maximum atomic E-state index is 13.0. The number of nitrogens with zero attached hydrogens (tertiary/aromatic N) is 3. The van der Waals surface area contributed by atoms with Crippen LogP contribution in [-0.2, 0) is 16.4 Å². The van der Waals surface area contributed by atoms with Crippen molar-refractivity contribution in [1.29, 1.82) is 0 Å². The average Bonchev–Trinajstić information content (AvgIpc) is 2.85. The molecule has 7 heteroatoms. The molecule has 1 fully saturated rings. The Balaban J connectivity index is 1.45. The zero-order valence-corrected chi connectivity index (χ0v) is 21.2. The lowest BCUT2D eigenvalue weighted by Gasteiger charge is -2.36. The predicted molar refractivity (Wildman–Crippen MR) is 136 cm³/mol. The smallest absolute Gasteiger partial charge is 0.246 e. The summed E-state index contributed by atoms with van der Waals surface area (Å²) in [4.78, 5) is 5.30. The summed E-state index contributed by atoms with van der Waals surface area (Å²) in [6.07, 6.45) is 4.25. The molecule has 0 bridgehead atoms. The SMILES string of the molecule is CCN(CC)S(=O)(=O)c1cc(CCCCCN2CCN(c3ccccc3)CC2)ccc1OC. The van der Waals surface area contributed by atoms with E-state index in [-0.39, 0.29) is 4.90 Å². The van der Waals surface area contributed by atoms with E-state index in [0.717, 1.165) is 57.5 Å². The maximum absolute atomic E-state index is 13.0. The number of ether oxygens (including phenoxy) is 1. The largest absolute Gasteiger partial charge is 0.495 e. The van der Waals surface area contributed by atoms with Crippen LogP contribution in [0.3, 0.4) is 0 Å². The van der Waals surface area contributed by atoms with Gasteiger partial charge in [0.2, 0.25) is 10.0 Å². The number of hydrogen-bond donors (Lipinski definition) is 0. The van der Waals surface area contributed by atoms with Crippen LogP contribution in [0.4, 0.5) is 5.69 Å². The van der Waals surface area contributed by atoms with E-state index in [1.807, 2.05) is 19.9 Å². The van der Waals surface area contributed by atoms with E-state index < -0.39 is 10.0 Å². The minimum Gasteiger partial charge on any atom is -0.495 e. The average molecular weight is 474 g/mol. The number of piperazine rings is 1. The summed E-state index contributed by atoms with van der Waals surface area (Å²) < 4.78 is 32.9. The molecule has 0 amide bonds. The molecule has 0 unspecified atom stereocenters. The van der Waals surface area contributed by atoms with Crippen LogP contribution in [0.25, 0.3) is 0 Å². The first-order valence-corrected chi connectivity index (χ1v) is 13.6. The van der Waals surface area contributed by atoms with Crippen molar-refractivity contribution < 1.29 is 13.2 Å². The van der Waals surface area contributed by atoms with Crippen molar-refractivity contribution in [1.82, 2.24) is 9.21 Å². The minimum absolute atomic E-state index is 0.280. The van der Waals surface area contributed by atoms with Gasteiger partial charge in [-0.3, -0.25) is 4.90 Å². The highest BCUT2D eigenvalue weighted by molar-refractivity contribution is 7.89. The van der Waals surface area contributed by atoms with Crippen molar-refractivity contribution in [3.05, 3.63) is 54.1 Å². The van der Waals surface area contributed by atoms with Crippen molar-refractivity contribution in [3.63, 3.8) is 0 Å².